The molecule has 1 unspecified atom stereocenters. The van der Waals surface area contributed by atoms with Crippen LogP contribution in [0.5, 0.6) is 0 Å². The lowest BCUT2D eigenvalue weighted by molar-refractivity contribution is 0.386. The highest BCUT2D eigenvalue weighted by Crippen LogP contribution is 2.25. The standard InChI is InChI=1S/C13H17N7OS/c1-4-5-10-16-13(22-19-10)17-11(9-6-14-20(3)7-9)12-15-8(2)21-18-12/h6-7,11H,4-5H2,1-3H3,(H,16,17,19). The van der Waals surface area contributed by atoms with Crippen molar-refractivity contribution < 1.29 is 4.52 Å². The van der Waals surface area contributed by atoms with Gasteiger partial charge in [0.25, 0.3) is 0 Å². The molecule has 0 saturated carbocycles. The maximum absolute atomic E-state index is 5.09. The van der Waals surface area contributed by atoms with Gasteiger partial charge in [-0.25, -0.2) is 4.98 Å². The molecule has 0 aliphatic heterocycles. The van der Waals surface area contributed by atoms with Crippen LogP contribution in [0.3, 0.4) is 0 Å². The molecule has 0 aliphatic carbocycles. The maximum atomic E-state index is 5.09. The highest BCUT2D eigenvalue weighted by Gasteiger charge is 2.22. The minimum Gasteiger partial charge on any atom is -0.346 e. The van der Waals surface area contributed by atoms with Crippen molar-refractivity contribution >= 4 is 16.7 Å². The Bertz CT molecular complexity index is 707. The molecule has 0 fully saturated rings. The summed E-state index contributed by atoms with van der Waals surface area (Å²) < 4.78 is 11.2. The Hall–Kier alpha value is -2.29. The summed E-state index contributed by atoms with van der Waals surface area (Å²) in [6.45, 7) is 3.87. The third-order valence-electron chi connectivity index (χ3n) is 3.07. The Kier molecular flexibility index (Phi) is 4.14. The summed E-state index contributed by atoms with van der Waals surface area (Å²) in [5.74, 6) is 1.93. The van der Waals surface area contributed by atoms with Crippen molar-refractivity contribution in [1.82, 2.24) is 29.3 Å². The monoisotopic (exact) mass is 319 g/mol. The molecule has 0 aliphatic rings. The lowest BCUT2D eigenvalue weighted by atomic mass is 10.1. The second-order valence-electron chi connectivity index (χ2n) is 4.96. The van der Waals surface area contributed by atoms with Gasteiger partial charge in [-0.05, 0) is 6.42 Å². The lowest BCUT2D eigenvalue weighted by Crippen LogP contribution is -2.13. The van der Waals surface area contributed by atoms with Crippen molar-refractivity contribution in [2.75, 3.05) is 5.32 Å². The summed E-state index contributed by atoms with van der Waals surface area (Å²) >= 11 is 1.34. The van der Waals surface area contributed by atoms with Gasteiger partial charge in [-0.15, -0.1) is 0 Å². The summed E-state index contributed by atoms with van der Waals surface area (Å²) in [5.41, 5.74) is 0.940. The second kappa shape index (κ2) is 6.22. The van der Waals surface area contributed by atoms with Gasteiger partial charge in [-0.2, -0.15) is 14.5 Å². The van der Waals surface area contributed by atoms with Crippen LogP contribution in [0.4, 0.5) is 5.13 Å². The highest BCUT2D eigenvalue weighted by atomic mass is 32.1. The summed E-state index contributed by atoms with van der Waals surface area (Å²) in [6.07, 6.45) is 5.58. The van der Waals surface area contributed by atoms with Crippen molar-refractivity contribution in [3.05, 3.63) is 35.5 Å². The third-order valence-corrected chi connectivity index (χ3v) is 3.75. The molecule has 116 valence electrons. The molecule has 0 bridgehead atoms. The van der Waals surface area contributed by atoms with Gasteiger partial charge >= 0.3 is 0 Å². The van der Waals surface area contributed by atoms with Crippen LogP contribution in [0.1, 0.15) is 42.5 Å². The van der Waals surface area contributed by atoms with E-state index in [0.29, 0.717) is 11.7 Å². The fourth-order valence-electron chi connectivity index (χ4n) is 2.08. The fourth-order valence-corrected chi connectivity index (χ4v) is 2.72. The van der Waals surface area contributed by atoms with Crippen LogP contribution >= 0.6 is 11.5 Å². The van der Waals surface area contributed by atoms with E-state index in [-0.39, 0.29) is 6.04 Å². The summed E-state index contributed by atoms with van der Waals surface area (Å²) in [5, 5.41) is 12.3. The molecule has 3 rings (SSSR count). The first-order valence-electron chi connectivity index (χ1n) is 7.03. The molecule has 1 N–H and O–H groups in total. The Morgan fingerprint density at radius 2 is 2.27 bits per heavy atom. The summed E-state index contributed by atoms with van der Waals surface area (Å²) in [7, 11) is 1.87. The van der Waals surface area contributed by atoms with Crippen LogP contribution in [0.15, 0.2) is 16.9 Å². The molecule has 0 aromatic carbocycles. The van der Waals surface area contributed by atoms with Gasteiger partial charge in [-0.1, -0.05) is 12.1 Å². The Labute approximate surface area is 131 Å². The number of nitrogens with one attached hydrogen (secondary N) is 1. The summed E-state index contributed by atoms with van der Waals surface area (Å²) in [6, 6.07) is -0.270. The van der Waals surface area contributed by atoms with E-state index in [1.807, 2.05) is 13.2 Å². The molecule has 8 nitrogen and oxygen atoms in total. The number of hydrogen-bond acceptors (Lipinski definition) is 8. The molecule has 22 heavy (non-hydrogen) atoms. The molecular weight excluding hydrogens is 302 g/mol. The molecule has 3 aromatic rings. The molecule has 0 amide bonds. The minimum absolute atomic E-state index is 0.270. The van der Waals surface area contributed by atoms with Gasteiger partial charge in [0.15, 0.2) is 5.82 Å². The van der Waals surface area contributed by atoms with Crippen LogP contribution in [-0.4, -0.2) is 29.3 Å². The van der Waals surface area contributed by atoms with E-state index < -0.39 is 0 Å². The predicted octanol–water partition coefficient (Wildman–Crippen LogP) is 2.12. The van der Waals surface area contributed by atoms with E-state index in [9.17, 15) is 0 Å². The van der Waals surface area contributed by atoms with E-state index in [0.717, 1.165) is 29.4 Å². The first-order chi connectivity index (χ1) is 10.7. The molecule has 9 heteroatoms. The van der Waals surface area contributed by atoms with Crippen LogP contribution in [0, 0.1) is 6.92 Å². The number of anilines is 1. The van der Waals surface area contributed by atoms with Crippen molar-refractivity contribution in [2.45, 2.75) is 32.7 Å². The van der Waals surface area contributed by atoms with Crippen molar-refractivity contribution in [3.8, 4) is 0 Å². The molecular formula is C13H17N7OS. The SMILES string of the molecule is CCCc1nsc(NC(c2cnn(C)c2)c2noc(C)n2)n1. The van der Waals surface area contributed by atoms with Gasteiger partial charge in [0, 0.05) is 43.7 Å². The average Bonchev–Trinajstić information content (AvgIpc) is 3.19. The number of nitrogens with zero attached hydrogens (tertiary/aromatic N) is 6. The van der Waals surface area contributed by atoms with Gasteiger partial charge in [-0.3, -0.25) is 4.68 Å². The molecule has 3 aromatic heterocycles. The first-order valence-corrected chi connectivity index (χ1v) is 7.81. The topological polar surface area (TPSA) is 94.6 Å². The smallest absolute Gasteiger partial charge is 0.223 e. The normalized spacial score (nSPS) is 12.5. The number of hydrogen-bond donors (Lipinski definition) is 1. The van der Waals surface area contributed by atoms with E-state index in [1.54, 1.807) is 17.8 Å². The average molecular weight is 319 g/mol. The van der Waals surface area contributed by atoms with Crippen LogP contribution in [0.25, 0.3) is 0 Å². The van der Waals surface area contributed by atoms with E-state index >= 15 is 0 Å². The van der Waals surface area contributed by atoms with E-state index in [1.165, 1.54) is 11.5 Å². The van der Waals surface area contributed by atoms with Crippen molar-refractivity contribution in [2.24, 2.45) is 7.05 Å². The van der Waals surface area contributed by atoms with E-state index in [4.69, 9.17) is 4.52 Å². The zero-order valence-electron chi connectivity index (χ0n) is 12.6. The Morgan fingerprint density at radius 3 is 2.91 bits per heavy atom. The predicted molar refractivity (Wildman–Crippen MR) is 81.6 cm³/mol. The van der Waals surface area contributed by atoms with Crippen LogP contribution in [0.2, 0.25) is 0 Å². The molecule has 0 radical (unpaired) electrons. The maximum Gasteiger partial charge on any atom is 0.223 e. The van der Waals surface area contributed by atoms with Gasteiger partial charge in [0.2, 0.25) is 11.0 Å². The molecule has 1 atom stereocenters. The number of aryl methyl sites for hydroxylation is 3. The number of rotatable bonds is 6. The largest absolute Gasteiger partial charge is 0.346 e. The van der Waals surface area contributed by atoms with Gasteiger partial charge in [0.05, 0.1) is 6.20 Å². The van der Waals surface area contributed by atoms with Crippen molar-refractivity contribution in [3.63, 3.8) is 0 Å². The third kappa shape index (κ3) is 3.14. The molecule has 0 spiro atoms. The van der Waals surface area contributed by atoms with Gasteiger partial charge < -0.3 is 9.84 Å². The Morgan fingerprint density at radius 1 is 1.41 bits per heavy atom. The zero-order valence-corrected chi connectivity index (χ0v) is 13.5. The highest BCUT2D eigenvalue weighted by molar-refractivity contribution is 7.09. The fraction of sp³-hybridized carbons (Fsp3) is 0.462. The quantitative estimate of drug-likeness (QED) is 0.743. The lowest BCUT2D eigenvalue weighted by Gasteiger charge is -2.12. The van der Waals surface area contributed by atoms with Gasteiger partial charge in [0.1, 0.15) is 11.9 Å². The summed E-state index contributed by atoms with van der Waals surface area (Å²) in [4.78, 5) is 8.80. The Balaban J connectivity index is 1.88. The van der Waals surface area contributed by atoms with Crippen LogP contribution < -0.4 is 5.32 Å². The second-order valence-corrected chi connectivity index (χ2v) is 5.71. The van der Waals surface area contributed by atoms with E-state index in [2.05, 4.69) is 36.8 Å². The molecule has 3 heterocycles. The number of aromatic nitrogens is 6. The van der Waals surface area contributed by atoms with Crippen molar-refractivity contribution in [1.29, 1.82) is 0 Å². The van der Waals surface area contributed by atoms with Crippen LogP contribution in [-0.2, 0) is 13.5 Å². The zero-order chi connectivity index (χ0) is 15.5. The minimum atomic E-state index is -0.270. The first kappa shape index (κ1) is 14.6. The molecule has 0 saturated heterocycles.